The van der Waals surface area contributed by atoms with Crippen LogP contribution in [0.2, 0.25) is 0 Å². The fraction of sp³-hybridized carbons (Fsp3) is 0.471. The molecule has 0 aromatic heterocycles. The standard InChI is InChI=1S/C17H20IN5O3/c18-11-3-1-10(2-4-11)6-17(19)15-16(20-8-22-17)23(9-21-15)14-5-12(25)13(7-24)26-14/h1-4,8,12-14,24-25H,5-7,9,19H2/t12-,13+,14+,17?/m0/s1. The molecule has 1 fully saturated rings. The van der Waals surface area contributed by atoms with E-state index in [4.69, 9.17) is 10.5 Å². The molecule has 1 aromatic rings. The summed E-state index contributed by atoms with van der Waals surface area (Å²) in [5.41, 5.74) is 7.31. The second-order valence-corrected chi connectivity index (χ2v) is 7.90. The van der Waals surface area contributed by atoms with Crippen molar-refractivity contribution in [3.8, 4) is 0 Å². The minimum absolute atomic E-state index is 0.221. The van der Waals surface area contributed by atoms with Gasteiger partial charge in [-0.2, -0.15) is 0 Å². The fourth-order valence-electron chi connectivity index (χ4n) is 3.48. The molecular formula is C17H20IN5O3. The van der Waals surface area contributed by atoms with Gasteiger partial charge in [-0.15, -0.1) is 0 Å². The van der Waals surface area contributed by atoms with Crippen molar-refractivity contribution in [2.75, 3.05) is 13.3 Å². The minimum atomic E-state index is -0.980. The molecule has 8 nitrogen and oxygen atoms in total. The number of nitrogens with zero attached hydrogens (tertiary/aromatic N) is 4. The van der Waals surface area contributed by atoms with Crippen molar-refractivity contribution in [2.45, 2.75) is 36.9 Å². The van der Waals surface area contributed by atoms with Gasteiger partial charge in [0.05, 0.1) is 12.7 Å². The predicted octanol–water partition coefficient (Wildman–Crippen LogP) is 0.111. The van der Waals surface area contributed by atoms with Crippen LogP contribution in [0.4, 0.5) is 0 Å². The van der Waals surface area contributed by atoms with Crippen LogP contribution in [0.3, 0.4) is 0 Å². The summed E-state index contributed by atoms with van der Waals surface area (Å²) in [5.74, 6) is 0.629. The Hall–Kier alpha value is -1.40. The number of ether oxygens (including phenoxy) is 1. The lowest BCUT2D eigenvalue weighted by Gasteiger charge is -2.31. The maximum absolute atomic E-state index is 10.00. The molecule has 3 aliphatic rings. The van der Waals surface area contributed by atoms with Crippen molar-refractivity contribution in [3.63, 3.8) is 0 Å². The summed E-state index contributed by atoms with van der Waals surface area (Å²) in [5, 5.41) is 19.3. The number of aliphatic imine (C=N–C) groups is 3. The Bertz CT molecular complexity index is 781. The molecule has 0 bridgehead atoms. The van der Waals surface area contributed by atoms with Crippen molar-refractivity contribution in [1.82, 2.24) is 4.90 Å². The summed E-state index contributed by atoms with van der Waals surface area (Å²) in [4.78, 5) is 15.2. The lowest BCUT2D eigenvalue weighted by molar-refractivity contribution is -0.0560. The number of aliphatic hydroxyl groups excluding tert-OH is 2. The highest BCUT2D eigenvalue weighted by Crippen LogP contribution is 2.29. The van der Waals surface area contributed by atoms with Crippen LogP contribution >= 0.6 is 22.6 Å². The van der Waals surface area contributed by atoms with E-state index in [0.29, 0.717) is 31.1 Å². The molecule has 1 saturated heterocycles. The van der Waals surface area contributed by atoms with E-state index in [1.54, 1.807) is 0 Å². The van der Waals surface area contributed by atoms with E-state index in [9.17, 15) is 10.2 Å². The number of aliphatic hydroxyl groups is 2. The molecule has 0 amide bonds. The first kappa shape index (κ1) is 18.0. The monoisotopic (exact) mass is 469 g/mol. The number of amidine groups is 1. The van der Waals surface area contributed by atoms with E-state index >= 15 is 0 Å². The van der Waals surface area contributed by atoms with Crippen LogP contribution < -0.4 is 5.73 Å². The number of fused-ring (bicyclic) bond motifs is 1. The second kappa shape index (κ2) is 6.97. The summed E-state index contributed by atoms with van der Waals surface area (Å²) in [6, 6.07) is 8.14. The highest BCUT2D eigenvalue weighted by atomic mass is 127. The third-order valence-corrected chi connectivity index (χ3v) is 5.58. The zero-order valence-electron chi connectivity index (χ0n) is 14.0. The van der Waals surface area contributed by atoms with Crippen LogP contribution in [0.25, 0.3) is 0 Å². The van der Waals surface area contributed by atoms with Crippen molar-refractivity contribution in [1.29, 1.82) is 0 Å². The number of benzene rings is 1. The van der Waals surface area contributed by atoms with Gasteiger partial charge in [-0.25, -0.2) is 9.98 Å². The summed E-state index contributed by atoms with van der Waals surface area (Å²) >= 11 is 2.26. The highest BCUT2D eigenvalue weighted by molar-refractivity contribution is 14.1. The van der Waals surface area contributed by atoms with Gasteiger partial charge in [-0.05, 0) is 40.3 Å². The summed E-state index contributed by atoms with van der Waals surface area (Å²) in [6.07, 6.45) is 0.682. The smallest absolute Gasteiger partial charge is 0.160 e. The van der Waals surface area contributed by atoms with Crippen molar-refractivity contribution >= 4 is 40.5 Å². The predicted molar refractivity (Wildman–Crippen MR) is 106 cm³/mol. The average Bonchev–Trinajstić information content (AvgIpc) is 3.21. The Balaban J connectivity index is 1.53. The Morgan fingerprint density at radius 1 is 1.35 bits per heavy atom. The fourth-order valence-corrected chi connectivity index (χ4v) is 3.84. The van der Waals surface area contributed by atoms with Crippen LogP contribution in [-0.2, 0) is 11.2 Å². The molecule has 3 aliphatic heterocycles. The van der Waals surface area contributed by atoms with Gasteiger partial charge < -0.3 is 25.6 Å². The van der Waals surface area contributed by atoms with Gasteiger partial charge in [0.1, 0.15) is 31.1 Å². The van der Waals surface area contributed by atoms with E-state index in [1.165, 1.54) is 6.34 Å². The molecule has 1 aromatic carbocycles. The number of halogens is 1. The van der Waals surface area contributed by atoms with Crippen LogP contribution in [0.15, 0.2) is 39.2 Å². The summed E-state index contributed by atoms with van der Waals surface area (Å²) < 4.78 is 6.90. The molecule has 3 heterocycles. The van der Waals surface area contributed by atoms with Gasteiger partial charge in [0, 0.05) is 16.4 Å². The summed E-state index contributed by atoms with van der Waals surface area (Å²) in [6.45, 7) is 0.124. The number of hydrogen-bond donors (Lipinski definition) is 3. The molecule has 0 aliphatic carbocycles. The lowest BCUT2D eigenvalue weighted by Crippen LogP contribution is -2.55. The van der Waals surface area contributed by atoms with Crippen LogP contribution in [0.5, 0.6) is 0 Å². The Morgan fingerprint density at radius 2 is 2.12 bits per heavy atom. The molecule has 4 atom stereocenters. The molecule has 0 saturated carbocycles. The minimum Gasteiger partial charge on any atom is -0.394 e. The Labute approximate surface area is 164 Å². The van der Waals surface area contributed by atoms with Gasteiger partial charge in [0.15, 0.2) is 11.5 Å². The molecule has 1 unspecified atom stereocenters. The van der Waals surface area contributed by atoms with Crippen molar-refractivity contribution in [2.24, 2.45) is 20.7 Å². The van der Waals surface area contributed by atoms with Gasteiger partial charge >= 0.3 is 0 Å². The Kier molecular flexibility index (Phi) is 4.82. The normalized spacial score (nSPS) is 33.2. The van der Waals surface area contributed by atoms with E-state index in [0.717, 1.165) is 9.13 Å². The van der Waals surface area contributed by atoms with E-state index in [1.807, 2.05) is 29.2 Å². The van der Waals surface area contributed by atoms with Crippen molar-refractivity contribution in [3.05, 3.63) is 33.4 Å². The quantitative estimate of drug-likeness (QED) is 0.542. The first-order chi connectivity index (χ1) is 12.5. The van der Waals surface area contributed by atoms with Crippen molar-refractivity contribution < 1.29 is 14.9 Å². The Morgan fingerprint density at radius 3 is 2.81 bits per heavy atom. The second-order valence-electron chi connectivity index (χ2n) is 6.66. The van der Waals surface area contributed by atoms with Crippen LogP contribution in [-0.4, -0.2) is 70.4 Å². The first-order valence-electron chi connectivity index (χ1n) is 8.41. The van der Waals surface area contributed by atoms with Gasteiger partial charge in [-0.3, -0.25) is 4.99 Å². The van der Waals surface area contributed by atoms with E-state index in [-0.39, 0.29) is 6.61 Å². The molecule has 26 heavy (non-hydrogen) atoms. The molecule has 4 rings (SSSR count). The molecule has 0 radical (unpaired) electrons. The van der Waals surface area contributed by atoms with Gasteiger partial charge in [-0.1, -0.05) is 12.1 Å². The number of nitrogens with two attached hydrogens (primary N) is 1. The number of rotatable bonds is 4. The molecule has 0 spiro atoms. The van der Waals surface area contributed by atoms with E-state index in [2.05, 4.69) is 37.6 Å². The molecular weight excluding hydrogens is 449 g/mol. The topological polar surface area (TPSA) is 116 Å². The molecule has 9 heteroatoms. The molecule has 138 valence electrons. The van der Waals surface area contributed by atoms with Crippen LogP contribution in [0.1, 0.15) is 12.0 Å². The maximum Gasteiger partial charge on any atom is 0.160 e. The van der Waals surface area contributed by atoms with Gasteiger partial charge in [0.25, 0.3) is 0 Å². The zero-order valence-corrected chi connectivity index (χ0v) is 16.2. The largest absolute Gasteiger partial charge is 0.394 e. The van der Waals surface area contributed by atoms with Crippen LogP contribution in [0, 0.1) is 3.57 Å². The summed E-state index contributed by atoms with van der Waals surface area (Å²) in [7, 11) is 0. The first-order valence-corrected chi connectivity index (χ1v) is 9.49. The molecule has 4 N–H and O–H groups in total. The highest BCUT2D eigenvalue weighted by Gasteiger charge is 2.46. The number of hydrogen-bond acceptors (Lipinski definition) is 8. The average molecular weight is 469 g/mol. The van der Waals surface area contributed by atoms with E-state index < -0.39 is 24.1 Å². The van der Waals surface area contributed by atoms with Gasteiger partial charge in [0.2, 0.25) is 0 Å². The lowest BCUT2D eigenvalue weighted by atomic mass is 9.94. The zero-order chi connectivity index (χ0) is 18.3. The third-order valence-electron chi connectivity index (χ3n) is 4.86. The third kappa shape index (κ3) is 3.18. The maximum atomic E-state index is 10.00. The SMILES string of the molecule is NC1(Cc2ccc(I)cc2)N=CN=C2C1=NCN2[C@H]1C[C@H](O)[C@@H](CO)O1.